The smallest absolute Gasteiger partial charge is 0.252 e. The molecule has 1 amide bonds. The number of nitrogens with one attached hydrogen (secondary N) is 1. The van der Waals surface area contributed by atoms with Crippen molar-refractivity contribution >= 4 is 21.8 Å². The Morgan fingerprint density at radius 2 is 2.24 bits per heavy atom. The molecular weight excluding hydrogens is 287 g/mol. The van der Waals surface area contributed by atoms with E-state index in [-0.39, 0.29) is 11.7 Å². The SMILES string of the molecule is CCN(C)CCNC(=O)c1ccc(F)cc1Br. The minimum Gasteiger partial charge on any atom is -0.351 e. The summed E-state index contributed by atoms with van der Waals surface area (Å²) in [5.74, 6) is -0.555. The summed E-state index contributed by atoms with van der Waals surface area (Å²) >= 11 is 3.17. The first-order valence-electron chi connectivity index (χ1n) is 5.46. The van der Waals surface area contributed by atoms with Gasteiger partial charge in [0.25, 0.3) is 5.91 Å². The number of amides is 1. The van der Waals surface area contributed by atoms with Gasteiger partial charge in [0.2, 0.25) is 0 Å². The lowest BCUT2D eigenvalue weighted by molar-refractivity contribution is 0.0949. The van der Waals surface area contributed by atoms with Gasteiger partial charge in [-0.3, -0.25) is 4.79 Å². The fraction of sp³-hybridized carbons (Fsp3) is 0.417. The fourth-order valence-corrected chi connectivity index (χ4v) is 1.82. The zero-order chi connectivity index (χ0) is 12.8. The molecule has 0 radical (unpaired) electrons. The summed E-state index contributed by atoms with van der Waals surface area (Å²) < 4.78 is 13.3. The summed E-state index contributed by atoms with van der Waals surface area (Å²) in [6.45, 7) is 4.36. The van der Waals surface area contributed by atoms with Gasteiger partial charge in [-0.05, 0) is 47.7 Å². The summed E-state index contributed by atoms with van der Waals surface area (Å²) in [4.78, 5) is 13.9. The van der Waals surface area contributed by atoms with Crippen LogP contribution in [0.4, 0.5) is 4.39 Å². The quantitative estimate of drug-likeness (QED) is 0.905. The lowest BCUT2D eigenvalue weighted by atomic mass is 10.2. The maximum atomic E-state index is 12.8. The highest BCUT2D eigenvalue weighted by molar-refractivity contribution is 9.10. The maximum absolute atomic E-state index is 12.8. The van der Waals surface area contributed by atoms with Crippen molar-refractivity contribution in [1.82, 2.24) is 10.2 Å². The third-order valence-corrected chi connectivity index (χ3v) is 3.15. The van der Waals surface area contributed by atoms with Crippen LogP contribution in [0.1, 0.15) is 17.3 Å². The molecule has 1 N–H and O–H groups in total. The van der Waals surface area contributed by atoms with Crippen molar-refractivity contribution in [3.05, 3.63) is 34.1 Å². The third-order valence-electron chi connectivity index (χ3n) is 2.49. The van der Waals surface area contributed by atoms with Gasteiger partial charge in [0, 0.05) is 17.6 Å². The van der Waals surface area contributed by atoms with Crippen molar-refractivity contribution in [2.45, 2.75) is 6.92 Å². The third kappa shape index (κ3) is 4.44. The van der Waals surface area contributed by atoms with E-state index in [1.165, 1.54) is 18.2 Å². The second-order valence-electron chi connectivity index (χ2n) is 3.78. The molecule has 0 aliphatic carbocycles. The van der Waals surface area contributed by atoms with Crippen molar-refractivity contribution in [3.8, 4) is 0 Å². The number of benzene rings is 1. The van der Waals surface area contributed by atoms with Crippen molar-refractivity contribution in [3.63, 3.8) is 0 Å². The van der Waals surface area contributed by atoms with Crippen molar-refractivity contribution in [2.24, 2.45) is 0 Å². The van der Waals surface area contributed by atoms with Crippen LogP contribution in [0.2, 0.25) is 0 Å². The number of nitrogens with zero attached hydrogens (tertiary/aromatic N) is 1. The van der Waals surface area contributed by atoms with E-state index in [9.17, 15) is 9.18 Å². The summed E-state index contributed by atoms with van der Waals surface area (Å²) in [5.41, 5.74) is 0.450. The topological polar surface area (TPSA) is 32.3 Å². The molecule has 1 aromatic rings. The number of likely N-dealkylation sites (N-methyl/N-ethyl adjacent to an activating group) is 1. The monoisotopic (exact) mass is 302 g/mol. The largest absolute Gasteiger partial charge is 0.351 e. The van der Waals surface area contributed by atoms with Gasteiger partial charge in [0.1, 0.15) is 5.82 Å². The van der Waals surface area contributed by atoms with Gasteiger partial charge in [-0.1, -0.05) is 6.92 Å². The second-order valence-corrected chi connectivity index (χ2v) is 4.63. The summed E-state index contributed by atoms with van der Waals surface area (Å²) in [7, 11) is 1.99. The van der Waals surface area contributed by atoms with E-state index in [2.05, 4.69) is 33.1 Å². The van der Waals surface area contributed by atoms with Crippen LogP contribution in [-0.4, -0.2) is 37.5 Å². The minimum absolute atomic E-state index is 0.193. The number of carbonyl (C=O) groups excluding carboxylic acids is 1. The molecule has 1 aromatic carbocycles. The Hall–Kier alpha value is -0.940. The summed E-state index contributed by atoms with van der Waals surface area (Å²) in [5, 5.41) is 2.79. The zero-order valence-electron chi connectivity index (χ0n) is 9.96. The van der Waals surface area contributed by atoms with Gasteiger partial charge in [0.15, 0.2) is 0 Å². The van der Waals surface area contributed by atoms with Crippen LogP contribution in [0.5, 0.6) is 0 Å². The molecule has 0 spiro atoms. The molecule has 0 saturated heterocycles. The van der Waals surface area contributed by atoms with Gasteiger partial charge in [-0.25, -0.2) is 4.39 Å². The van der Waals surface area contributed by atoms with Gasteiger partial charge < -0.3 is 10.2 Å². The number of carbonyl (C=O) groups is 1. The predicted molar refractivity (Wildman–Crippen MR) is 69.6 cm³/mol. The Balaban J connectivity index is 2.52. The van der Waals surface area contributed by atoms with Gasteiger partial charge in [0.05, 0.1) is 5.56 Å². The first-order chi connectivity index (χ1) is 8.04. The first-order valence-corrected chi connectivity index (χ1v) is 6.25. The molecule has 0 fully saturated rings. The van der Waals surface area contributed by atoms with Crippen LogP contribution < -0.4 is 5.32 Å². The van der Waals surface area contributed by atoms with Crippen molar-refractivity contribution in [1.29, 1.82) is 0 Å². The number of hydrogen-bond donors (Lipinski definition) is 1. The van der Waals surface area contributed by atoms with Gasteiger partial charge in [-0.2, -0.15) is 0 Å². The Morgan fingerprint density at radius 3 is 2.82 bits per heavy atom. The van der Waals surface area contributed by atoms with E-state index < -0.39 is 0 Å². The van der Waals surface area contributed by atoms with Crippen LogP contribution in [0, 0.1) is 5.82 Å². The maximum Gasteiger partial charge on any atom is 0.252 e. The van der Waals surface area contributed by atoms with Crippen molar-refractivity contribution < 1.29 is 9.18 Å². The zero-order valence-corrected chi connectivity index (χ0v) is 11.6. The Bertz CT molecular complexity index is 398. The summed E-state index contributed by atoms with van der Waals surface area (Å²) in [6.07, 6.45) is 0. The van der Waals surface area contributed by atoms with Crippen molar-refractivity contribution in [2.75, 3.05) is 26.7 Å². The number of rotatable bonds is 5. The first kappa shape index (κ1) is 14.1. The molecule has 1 rings (SSSR count). The van der Waals surface area contributed by atoms with E-state index in [0.717, 1.165) is 13.1 Å². The standard InChI is InChI=1S/C12H16BrFN2O/c1-3-16(2)7-6-15-12(17)10-5-4-9(14)8-11(10)13/h4-5,8H,3,6-7H2,1-2H3,(H,15,17). The van der Waals surface area contributed by atoms with Crippen LogP contribution in [0.25, 0.3) is 0 Å². The van der Waals surface area contributed by atoms with Crippen LogP contribution >= 0.6 is 15.9 Å². The highest BCUT2D eigenvalue weighted by Gasteiger charge is 2.10. The Kier molecular flexibility index (Phi) is 5.58. The van der Waals surface area contributed by atoms with E-state index in [1.54, 1.807) is 0 Å². The van der Waals surface area contributed by atoms with Crippen LogP contribution in [-0.2, 0) is 0 Å². The molecule has 17 heavy (non-hydrogen) atoms. The summed E-state index contributed by atoms with van der Waals surface area (Å²) in [6, 6.07) is 4.03. The molecule has 0 atom stereocenters. The molecule has 94 valence electrons. The molecule has 0 aromatic heterocycles. The van der Waals surface area contributed by atoms with E-state index in [0.29, 0.717) is 16.6 Å². The molecule has 3 nitrogen and oxygen atoms in total. The number of halogens is 2. The van der Waals surface area contributed by atoms with E-state index >= 15 is 0 Å². The van der Waals surface area contributed by atoms with Crippen LogP contribution in [0.15, 0.2) is 22.7 Å². The average Bonchev–Trinajstić information content (AvgIpc) is 2.28. The average molecular weight is 303 g/mol. The minimum atomic E-state index is -0.362. The molecule has 0 heterocycles. The van der Waals surface area contributed by atoms with E-state index in [1.807, 2.05) is 7.05 Å². The molecular formula is C12H16BrFN2O. The van der Waals surface area contributed by atoms with Gasteiger partial charge >= 0.3 is 0 Å². The number of hydrogen-bond acceptors (Lipinski definition) is 2. The lowest BCUT2D eigenvalue weighted by Crippen LogP contribution is -2.33. The van der Waals surface area contributed by atoms with Crippen LogP contribution in [0.3, 0.4) is 0 Å². The molecule has 0 unspecified atom stereocenters. The lowest BCUT2D eigenvalue weighted by Gasteiger charge is -2.14. The highest BCUT2D eigenvalue weighted by atomic mass is 79.9. The molecule has 5 heteroatoms. The normalized spacial score (nSPS) is 10.6. The van der Waals surface area contributed by atoms with Gasteiger partial charge in [-0.15, -0.1) is 0 Å². The van der Waals surface area contributed by atoms with E-state index in [4.69, 9.17) is 0 Å². The molecule has 0 aliphatic heterocycles. The molecule has 0 bridgehead atoms. The fourth-order valence-electron chi connectivity index (χ4n) is 1.29. The molecule has 0 saturated carbocycles. The molecule has 0 aliphatic rings. The predicted octanol–water partition coefficient (Wildman–Crippen LogP) is 2.27. The Labute approximate surface area is 109 Å². The second kappa shape index (κ2) is 6.71. The Morgan fingerprint density at radius 1 is 1.53 bits per heavy atom. The highest BCUT2D eigenvalue weighted by Crippen LogP contribution is 2.17.